The summed E-state index contributed by atoms with van der Waals surface area (Å²) in [6, 6.07) is 26.0. The zero-order valence-electron chi connectivity index (χ0n) is 44.4. The van der Waals surface area contributed by atoms with Gasteiger partial charge in [-0.2, -0.15) is 16.8 Å². The molecule has 0 spiro atoms. The average molecular weight is 1150 g/mol. The number of halogens is 3. The Hall–Kier alpha value is -6.30. The third kappa shape index (κ3) is 13.0. The van der Waals surface area contributed by atoms with Gasteiger partial charge >= 0.3 is 6.36 Å². The van der Waals surface area contributed by atoms with Crippen LogP contribution in [0.5, 0.6) is 17.2 Å². The summed E-state index contributed by atoms with van der Waals surface area (Å²) in [5.41, 5.74) is 9.52. The summed E-state index contributed by atoms with van der Waals surface area (Å²) < 4.78 is 143. The summed E-state index contributed by atoms with van der Waals surface area (Å²) in [7, 11) is -12.8. The third-order valence-corrected chi connectivity index (χ3v) is 19.5. The van der Waals surface area contributed by atoms with Gasteiger partial charge in [0.15, 0.2) is 14.6 Å². The van der Waals surface area contributed by atoms with E-state index in [-0.39, 0.29) is 66.7 Å². The minimum atomic E-state index is -4.88. The van der Waals surface area contributed by atoms with E-state index in [0.717, 1.165) is 69.3 Å². The van der Waals surface area contributed by atoms with Crippen LogP contribution in [-0.2, 0) is 45.7 Å². The smallest absolute Gasteiger partial charge is 0.457 e. The summed E-state index contributed by atoms with van der Waals surface area (Å²) in [5.74, 6) is -1.96. The topological polar surface area (TPSA) is 220 Å². The quantitative estimate of drug-likeness (QED) is 0.0240. The van der Waals surface area contributed by atoms with Crippen molar-refractivity contribution in [1.82, 2.24) is 5.48 Å². The normalized spacial score (nSPS) is 21.4. The van der Waals surface area contributed by atoms with E-state index in [1.165, 1.54) is 36.4 Å². The van der Waals surface area contributed by atoms with Gasteiger partial charge in [-0.3, -0.25) is 19.1 Å². The fraction of sp³-hybridized carbons (Fsp3) is 0.404. The standard InChI is InChI=1S/C57H65F3N4O12S3/c1-54(2)46-16-5-7-18-48(46)63(34-9-11-38-77(67,68)69)50(54)30-20-40-14-13-15-41(21-31-51-55(3,4)47-17-6-8-19-49(47)64(51)35-10-12-39-78(70,71)72)52(40)62-36-32-56(33-37-62,53(65)61-66)79(73,74)45-28-26-43(27-29-45)75-42-22-24-44(25-23-42)76-57(58,59)60/h5-8,16-31H,9-15,32-39H2,1-4H3,(H3-,61,65,66,67,68,69,70,71,72)/p+1. The van der Waals surface area contributed by atoms with Crippen molar-refractivity contribution in [2.45, 2.75) is 112 Å². The van der Waals surface area contributed by atoms with Gasteiger partial charge in [-0.25, -0.2) is 18.5 Å². The number of carbonyl (C=O) groups is 1. The fourth-order valence-electron chi connectivity index (χ4n) is 11.4. The van der Waals surface area contributed by atoms with Crippen molar-refractivity contribution in [2.75, 3.05) is 47.5 Å². The molecular weight excluding hydrogens is 1090 g/mol. The summed E-state index contributed by atoms with van der Waals surface area (Å²) in [5, 5.41) is 10.2. The number of amides is 1. The molecule has 16 nitrogen and oxygen atoms in total. The highest BCUT2D eigenvalue weighted by molar-refractivity contribution is 7.93. The van der Waals surface area contributed by atoms with Crippen molar-refractivity contribution in [3.8, 4) is 17.2 Å². The van der Waals surface area contributed by atoms with Crippen molar-refractivity contribution >= 4 is 53.1 Å². The second-order valence-corrected chi connectivity index (χ2v) is 26.7. The van der Waals surface area contributed by atoms with Gasteiger partial charge in [-0.15, -0.1) is 13.2 Å². The van der Waals surface area contributed by atoms with Crippen molar-refractivity contribution in [2.24, 2.45) is 0 Å². The number of ether oxygens (including phenoxy) is 2. The number of piperidine rings is 1. The van der Waals surface area contributed by atoms with Crippen LogP contribution in [0.2, 0.25) is 0 Å². The van der Waals surface area contributed by atoms with Gasteiger partial charge in [-0.1, -0.05) is 76.2 Å². The summed E-state index contributed by atoms with van der Waals surface area (Å²) >= 11 is 0. The van der Waals surface area contributed by atoms with E-state index in [1.807, 2.05) is 36.4 Å². The van der Waals surface area contributed by atoms with Crippen LogP contribution in [0.25, 0.3) is 0 Å². The lowest BCUT2D eigenvalue weighted by Gasteiger charge is -2.34. The molecule has 1 saturated heterocycles. The number of hydroxylamine groups is 1. The first-order chi connectivity index (χ1) is 37.1. The molecule has 1 aliphatic carbocycles. The molecule has 0 radical (unpaired) electrons. The number of hydrogen-bond acceptors (Lipinski definition) is 12. The van der Waals surface area contributed by atoms with Crippen molar-refractivity contribution in [3.05, 3.63) is 155 Å². The number of unbranched alkanes of at least 4 members (excludes halogenated alkanes) is 2. The number of nitrogens with zero attached hydrogens (tertiary/aromatic N) is 3. The maximum atomic E-state index is 14.8. The molecule has 0 atom stereocenters. The summed E-state index contributed by atoms with van der Waals surface area (Å²) in [4.78, 5) is 18.0. The van der Waals surface area contributed by atoms with Crippen LogP contribution in [0.15, 0.2) is 149 Å². The number of allylic oxidation sites excluding steroid dienone is 8. The predicted molar refractivity (Wildman–Crippen MR) is 295 cm³/mol. The van der Waals surface area contributed by atoms with Gasteiger partial charge in [0.05, 0.1) is 16.4 Å². The van der Waals surface area contributed by atoms with Gasteiger partial charge in [0.1, 0.15) is 30.3 Å². The Morgan fingerprint density at radius 2 is 1.08 bits per heavy atom. The number of sulfone groups is 1. The second kappa shape index (κ2) is 23.0. The molecule has 424 valence electrons. The Morgan fingerprint density at radius 3 is 1.51 bits per heavy atom. The molecule has 4 aliphatic rings. The lowest BCUT2D eigenvalue weighted by molar-refractivity contribution is -0.538. The molecule has 1 saturated carbocycles. The molecule has 0 unspecified atom stereocenters. The van der Waals surface area contributed by atoms with Gasteiger partial charge < -0.3 is 19.3 Å². The first-order valence-corrected chi connectivity index (χ1v) is 30.8. The lowest BCUT2D eigenvalue weighted by Crippen LogP contribution is -2.57. The van der Waals surface area contributed by atoms with Crippen molar-refractivity contribution in [1.29, 1.82) is 0 Å². The van der Waals surface area contributed by atoms with E-state index in [1.54, 1.807) is 5.48 Å². The van der Waals surface area contributed by atoms with E-state index in [4.69, 9.17) is 4.74 Å². The van der Waals surface area contributed by atoms with E-state index in [9.17, 15) is 57.5 Å². The number of carbonyl (C=O) groups excluding carboxylic acids is 1. The fourth-order valence-corrected chi connectivity index (χ4v) is 14.5. The average Bonchev–Trinajstić information content (AvgIpc) is 3.81. The van der Waals surface area contributed by atoms with Crippen LogP contribution >= 0.6 is 0 Å². The number of para-hydroxylation sites is 2. The molecule has 3 aliphatic heterocycles. The van der Waals surface area contributed by atoms with E-state index < -0.39 is 63.7 Å². The summed E-state index contributed by atoms with van der Waals surface area (Å²) in [6.45, 7) is 9.63. The molecule has 79 heavy (non-hydrogen) atoms. The summed E-state index contributed by atoms with van der Waals surface area (Å²) in [6.07, 6.45) is 6.54. The van der Waals surface area contributed by atoms with Crippen molar-refractivity contribution in [3.63, 3.8) is 0 Å². The van der Waals surface area contributed by atoms with Crippen LogP contribution < -0.4 is 24.8 Å². The number of nitrogens with one attached hydrogen (secondary N) is 1. The molecule has 2 fully saturated rings. The molecule has 4 N–H and O–H groups in total. The highest BCUT2D eigenvalue weighted by Gasteiger charge is 2.55. The van der Waals surface area contributed by atoms with Crippen LogP contribution in [-0.4, -0.2) is 105 Å². The highest BCUT2D eigenvalue weighted by Crippen LogP contribution is 2.50. The Kier molecular flexibility index (Phi) is 17.2. The van der Waals surface area contributed by atoms with E-state index in [2.05, 4.69) is 83.2 Å². The SMILES string of the molecule is CC1(C)/C(=C\C=C2/CCC/C(=C\C=C3\N(CCCCS(=O)(=O)O)c4ccccc4C3(C)C)C2=[N+]2CCC(C(=O)NO)(S(=O)(=O)c3ccc(Oc4ccc(OC(F)(F)F)cc4)cc3)CC2)N(CCCCS(=O)(=O)O)c2ccccc21. The Bertz CT molecular complexity index is 3320. The maximum Gasteiger partial charge on any atom is 0.573 e. The van der Waals surface area contributed by atoms with E-state index in [0.29, 0.717) is 38.8 Å². The Balaban J connectivity index is 1.17. The number of rotatable bonds is 18. The zero-order valence-corrected chi connectivity index (χ0v) is 46.8. The molecule has 3 heterocycles. The molecule has 4 aromatic rings. The molecule has 22 heteroatoms. The molecular formula is C57H66F3N4O12S3+. The minimum Gasteiger partial charge on any atom is -0.457 e. The number of alkyl halides is 3. The number of benzene rings is 4. The van der Waals surface area contributed by atoms with Crippen LogP contribution in [0.4, 0.5) is 24.5 Å². The van der Waals surface area contributed by atoms with Gasteiger partial charge in [0.25, 0.3) is 26.1 Å². The number of hydrogen-bond donors (Lipinski definition) is 4. The molecule has 0 aromatic heterocycles. The Labute approximate surface area is 460 Å². The van der Waals surface area contributed by atoms with Crippen LogP contribution in [0.3, 0.4) is 0 Å². The molecule has 8 rings (SSSR count). The van der Waals surface area contributed by atoms with Crippen molar-refractivity contribution < 1.29 is 71.6 Å². The largest absolute Gasteiger partial charge is 0.573 e. The second-order valence-electron chi connectivity index (χ2n) is 21.3. The minimum absolute atomic E-state index is 0.0761. The van der Waals surface area contributed by atoms with Gasteiger partial charge in [-0.05, 0) is 129 Å². The zero-order chi connectivity index (χ0) is 57.2. The lowest BCUT2D eigenvalue weighted by atomic mass is 9.82. The van der Waals surface area contributed by atoms with E-state index >= 15 is 0 Å². The molecule has 4 aromatic carbocycles. The Morgan fingerprint density at radius 1 is 0.646 bits per heavy atom. The number of anilines is 2. The van der Waals surface area contributed by atoms with Gasteiger partial charge in [0.2, 0.25) is 5.71 Å². The predicted octanol–water partition coefficient (Wildman–Crippen LogP) is 10.4. The third-order valence-electron chi connectivity index (χ3n) is 15.4. The van der Waals surface area contributed by atoms with Crippen LogP contribution in [0, 0.1) is 0 Å². The maximum absolute atomic E-state index is 14.8. The first-order valence-electron chi connectivity index (χ1n) is 26.1. The number of fused-ring (bicyclic) bond motifs is 2. The monoisotopic (exact) mass is 1150 g/mol. The molecule has 1 amide bonds. The first kappa shape index (κ1) is 58.8. The van der Waals surface area contributed by atoms with Gasteiger partial charge in [0, 0.05) is 70.7 Å². The highest BCUT2D eigenvalue weighted by atomic mass is 32.2. The molecule has 0 bridgehead atoms. The van der Waals surface area contributed by atoms with Crippen LogP contribution in [0.1, 0.15) is 96.6 Å².